The van der Waals surface area contributed by atoms with Gasteiger partial charge < -0.3 is 24.3 Å². The van der Waals surface area contributed by atoms with Crippen LogP contribution in [0.4, 0.5) is 11.5 Å². The van der Waals surface area contributed by atoms with Crippen LogP contribution in [0, 0.1) is 0 Å². The summed E-state index contributed by atoms with van der Waals surface area (Å²) in [5.74, 6) is 2.05. The number of ether oxygens (including phenoxy) is 2. The number of fused-ring (bicyclic) bond motifs is 1. The maximum absolute atomic E-state index is 12.1. The van der Waals surface area contributed by atoms with Gasteiger partial charge in [-0.1, -0.05) is 6.07 Å². The first-order valence-corrected chi connectivity index (χ1v) is 10.1. The van der Waals surface area contributed by atoms with Crippen LogP contribution in [0.25, 0.3) is 11.0 Å². The van der Waals surface area contributed by atoms with Crippen molar-refractivity contribution in [2.75, 3.05) is 33.6 Å². The van der Waals surface area contributed by atoms with Crippen molar-refractivity contribution in [3.8, 4) is 11.5 Å². The number of hydrogen-bond donors (Lipinski definition) is 1. The van der Waals surface area contributed by atoms with Crippen LogP contribution in [0.1, 0.15) is 15.9 Å². The van der Waals surface area contributed by atoms with E-state index in [1.54, 1.807) is 57.9 Å². The quantitative estimate of drug-likeness (QED) is 0.477. The van der Waals surface area contributed by atoms with Gasteiger partial charge in [-0.15, -0.1) is 0 Å². The molecule has 0 bridgehead atoms. The first-order chi connectivity index (χ1) is 15.5. The number of aromatic nitrogens is 3. The summed E-state index contributed by atoms with van der Waals surface area (Å²) in [7, 11) is 6.72. The van der Waals surface area contributed by atoms with Crippen molar-refractivity contribution >= 4 is 28.4 Å². The highest BCUT2D eigenvalue weighted by Gasteiger charge is 2.10. The maximum Gasteiger partial charge on any atom is 0.253 e. The highest BCUT2D eigenvalue weighted by molar-refractivity contribution is 5.94. The number of imidazole rings is 1. The molecule has 0 fully saturated rings. The number of benzene rings is 2. The largest absolute Gasteiger partial charge is 0.493 e. The summed E-state index contributed by atoms with van der Waals surface area (Å²) in [5.41, 5.74) is 4.31. The molecule has 0 atom stereocenters. The Hall–Kier alpha value is -4.07. The van der Waals surface area contributed by atoms with E-state index in [1.165, 1.54) is 0 Å². The Morgan fingerprint density at radius 3 is 2.44 bits per heavy atom. The molecule has 2 aromatic carbocycles. The van der Waals surface area contributed by atoms with E-state index in [1.807, 2.05) is 36.4 Å². The first kappa shape index (κ1) is 21.2. The molecule has 0 spiro atoms. The number of nitrogens with zero attached hydrogens (tertiary/aromatic N) is 4. The average molecular weight is 431 g/mol. The van der Waals surface area contributed by atoms with Crippen LogP contribution in [0.3, 0.4) is 0 Å². The van der Waals surface area contributed by atoms with Gasteiger partial charge in [0.1, 0.15) is 11.3 Å². The molecule has 0 aliphatic heterocycles. The van der Waals surface area contributed by atoms with E-state index < -0.39 is 0 Å². The highest BCUT2D eigenvalue weighted by atomic mass is 16.5. The second kappa shape index (κ2) is 8.97. The standard InChI is InChI=1S/C24H25N5O3/c1-28(2)24(30)17-6-8-18(9-7-17)27-23-12-20-19(13-25-23)26-15-29(20)14-16-5-10-21(31-3)22(11-16)32-4/h5-13,15H,14H2,1-4H3,(H,25,27). The lowest BCUT2D eigenvalue weighted by atomic mass is 10.2. The monoisotopic (exact) mass is 431 g/mol. The van der Waals surface area contributed by atoms with Crippen molar-refractivity contribution in [2.45, 2.75) is 6.54 Å². The average Bonchev–Trinajstić information content (AvgIpc) is 3.20. The Morgan fingerprint density at radius 2 is 1.75 bits per heavy atom. The minimum atomic E-state index is -0.0323. The summed E-state index contributed by atoms with van der Waals surface area (Å²) in [5, 5.41) is 3.29. The molecular weight excluding hydrogens is 406 g/mol. The molecule has 0 unspecified atom stereocenters. The van der Waals surface area contributed by atoms with E-state index in [-0.39, 0.29) is 5.91 Å². The minimum absolute atomic E-state index is 0.0323. The Bertz CT molecular complexity index is 1250. The van der Waals surface area contributed by atoms with Crippen LogP contribution >= 0.6 is 0 Å². The van der Waals surface area contributed by atoms with Gasteiger partial charge in [-0.2, -0.15) is 0 Å². The van der Waals surface area contributed by atoms with Crippen LogP contribution in [-0.4, -0.2) is 53.7 Å². The lowest BCUT2D eigenvalue weighted by Gasteiger charge is -2.12. The summed E-state index contributed by atoms with van der Waals surface area (Å²) in [6, 6.07) is 15.1. The highest BCUT2D eigenvalue weighted by Crippen LogP contribution is 2.28. The molecule has 0 aliphatic carbocycles. The molecule has 4 aromatic rings. The van der Waals surface area contributed by atoms with E-state index in [0.29, 0.717) is 29.4 Å². The van der Waals surface area contributed by atoms with E-state index in [9.17, 15) is 4.79 Å². The molecule has 0 saturated carbocycles. The number of anilines is 2. The molecule has 8 heteroatoms. The second-order valence-corrected chi connectivity index (χ2v) is 7.52. The summed E-state index contributed by atoms with van der Waals surface area (Å²) in [6.07, 6.45) is 3.54. The van der Waals surface area contributed by atoms with Crippen molar-refractivity contribution < 1.29 is 14.3 Å². The van der Waals surface area contributed by atoms with Crippen LogP contribution in [0.15, 0.2) is 61.1 Å². The predicted octanol–water partition coefficient (Wildman–Crippen LogP) is 3.94. The third-order valence-corrected chi connectivity index (χ3v) is 5.12. The van der Waals surface area contributed by atoms with Gasteiger partial charge >= 0.3 is 0 Å². The molecule has 1 amide bonds. The van der Waals surface area contributed by atoms with Crippen LogP contribution in [-0.2, 0) is 6.54 Å². The number of carbonyl (C=O) groups is 1. The topological polar surface area (TPSA) is 81.5 Å². The number of methoxy groups -OCH3 is 2. The van der Waals surface area contributed by atoms with Gasteiger partial charge in [-0.05, 0) is 42.0 Å². The van der Waals surface area contributed by atoms with Gasteiger partial charge in [0.25, 0.3) is 5.91 Å². The lowest BCUT2D eigenvalue weighted by molar-refractivity contribution is 0.0827. The van der Waals surface area contributed by atoms with E-state index in [2.05, 4.69) is 19.9 Å². The number of rotatable bonds is 7. The van der Waals surface area contributed by atoms with Crippen molar-refractivity contribution in [3.63, 3.8) is 0 Å². The van der Waals surface area contributed by atoms with Crippen LogP contribution < -0.4 is 14.8 Å². The molecular formula is C24H25N5O3. The van der Waals surface area contributed by atoms with Gasteiger partial charge in [0.15, 0.2) is 11.5 Å². The zero-order valence-electron chi connectivity index (χ0n) is 18.5. The third-order valence-electron chi connectivity index (χ3n) is 5.12. The predicted molar refractivity (Wildman–Crippen MR) is 124 cm³/mol. The second-order valence-electron chi connectivity index (χ2n) is 7.52. The van der Waals surface area contributed by atoms with Crippen molar-refractivity contribution in [3.05, 3.63) is 72.2 Å². The molecule has 32 heavy (non-hydrogen) atoms. The SMILES string of the molecule is COc1ccc(Cn2cnc3cnc(Nc4ccc(C(=O)N(C)C)cc4)cc32)cc1OC. The van der Waals surface area contributed by atoms with Gasteiger partial charge in [0.05, 0.1) is 32.3 Å². The number of carbonyl (C=O) groups excluding carboxylic acids is 1. The Labute approximate surface area is 186 Å². The summed E-state index contributed by atoms with van der Waals surface area (Å²) in [6.45, 7) is 0.627. The normalized spacial score (nSPS) is 10.8. The van der Waals surface area contributed by atoms with Gasteiger partial charge in [0, 0.05) is 38.0 Å². The molecule has 8 nitrogen and oxygen atoms in total. The van der Waals surface area contributed by atoms with E-state index in [4.69, 9.17) is 9.47 Å². The molecule has 0 radical (unpaired) electrons. The zero-order chi connectivity index (χ0) is 22.7. The fourth-order valence-electron chi connectivity index (χ4n) is 3.43. The zero-order valence-corrected chi connectivity index (χ0v) is 18.5. The number of hydrogen-bond acceptors (Lipinski definition) is 6. The first-order valence-electron chi connectivity index (χ1n) is 10.1. The fourth-order valence-corrected chi connectivity index (χ4v) is 3.43. The van der Waals surface area contributed by atoms with Gasteiger partial charge in [-0.3, -0.25) is 4.79 Å². The van der Waals surface area contributed by atoms with Crippen LogP contribution in [0.5, 0.6) is 11.5 Å². The van der Waals surface area contributed by atoms with Crippen molar-refractivity contribution in [1.82, 2.24) is 19.4 Å². The van der Waals surface area contributed by atoms with Crippen LogP contribution in [0.2, 0.25) is 0 Å². The maximum atomic E-state index is 12.1. The molecule has 0 aliphatic rings. The molecule has 2 aromatic heterocycles. The molecule has 4 rings (SSSR count). The minimum Gasteiger partial charge on any atom is -0.493 e. The number of nitrogens with one attached hydrogen (secondary N) is 1. The summed E-state index contributed by atoms with van der Waals surface area (Å²) in [4.78, 5) is 22.5. The molecule has 2 heterocycles. The third kappa shape index (κ3) is 4.34. The Kier molecular flexibility index (Phi) is 5.93. The Morgan fingerprint density at radius 1 is 1.00 bits per heavy atom. The smallest absolute Gasteiger partial charge is 0.253 e. The number of pyridine rings is 1. The lowest BCUT2D eigenvalue weighted by Crippen LogP contribution is -2.21. The van der Waals surface area contributed by atoms with Gasteiger partial charge in [-0.25, -0.2) is 9.97 Å². The van der Waals surface area contributed by atoms with Gasteiger partial charge in [0.2, 0.25) is 0 Å². The number of amides is 1. The molecule has 164 valence electrons. The fraction of sp³-hybridized carbons (Fsp3) is 0.208. The molecule has 0 saturated heterocycles. The van der Waals surface area contributed by atoms with E-state index in [0.717, 1.165) is 22.3 Å². The summed E-state index contributed by atoms with van der Waals surface area (Å²) < 4.78 is 12.8. The van der Waals surface area contributed by atoms with Crippen molar-refractivity contribution in [2.24, 2.45) is 0 Å². The van der Waals surface area contributed by atoms with Crippen molar-refractivity contribution in [1.29, 1.82) is 0 Å². The summed E-state index contributed by atoms with van der Waals surface area (Å²) >= 11 is 0. The van der Waals surface area contributed by atoms with E-state index >= 15 is 0 Å². The Balaban J connectivity index is 1.56. The molecule has 1 N–H and O–H groups in total.